The van der Waals surface area contributed by atoms with Crippen molar-refractivity contribution in [3.8, 4) is 0 Å². The lowest BCUT2D eigenvalue weighted by molar-refractivity contribution is 0.551. The van der Waals surface area contributed by atoms with E-state index in [4.69, 9.17) is 5.73 Å². The van der Waals surface area contributed by atoms with Crippen LogP contribution in [0.2, 0.25) is 0 Å². The number of aromatic nitrogens is 2. The number of aryl methyl sites for hydroxylation is 2. The summed E-state index contributed by atoms with van der Waals surface area (Å²) in [6.45, 7) is 9.88. The summed E-state index contributed by atoms with van der Waals surface area (Å²) in [7, 11) is 0. The molecule has 0 aliphatic carbocycles. The van der Waals surface area contributed by atoms with Crippen molar-refractivity contribution < 1.29 is 0 Å². The van der Waals surface area contributed by atoms with E-state index in [1.807, 2.05) is 20.0 Å². The number of rotatable bonds is 6. The molecule has 0 radical (unpaired) electrons. The van der Waals surface area contributed by atoms with E-state index in [9.17, 15) is 0 Å². The van der Waals surface area contributed by atoms with Crippen LogP contribution in [0.4, 0.5) is 5.82 Å². The van der Waals surface area contributed by atoms with Crippen LogP contribution in [-0.4, -0.2) is 29.1 Å². The van der Waals surface area contributed by atoms with Crippen molar-refractivity contribution >= 4 is 5.82 Å². The highest BCUT2D eigenvalue weighted by atomic mass is 15.2. The van der Waals surface area contributed by atoms with E-state index >= 15 is 0 Å². The summed E-state index contributed by atoms with van der Waals surface area (Å²) < 4.78 is 0. The van der Waals surface area contributed by atoms with E-state index in [1.165, 1.54) is 0 Å². The lowest BCUT2D eigenvalue weighted by atomic mass is 10.1. The molecule has 17 heavy (non-hydrogen) atoms. The van der Waals surface area contributed by atoms with Gasteiger partial charge in [-0.1, -0.05) is 13.8 Å². The van der Waals surface area contributed by atoms with Crippen molar-refractivity contribution in [3.63, 3.8) is 0 Å². The van der Waals surface area contributed by atoms with Gasteiger partial charge in [0.25, 0.3) is 0 Å². The maximum absolute atomic E-state index is 5.71. The molecule has 0 aromatic carbocycles. The van der Waals surface area contributed by atoms with Gasteiger partial charge in [0.2, 0.25) is 0 Å². The van der Waals surface area contributed by atoms with Gasteiger partial charge >= 0.3 is 0 Å². The third kappa shape index (κ3) is 3.40. The Bertz CT molecular complexity index is 347. The molecule has 0 aliphatic rings. The summed E-state index contributed by atoms with van der Waals surface area (Å²) in [5.41, 5.74) is 7.65. The first-order valence-corrected chi connectivity index (χ1v) is 6.40. The molecule has 96 valence electrons. The van der Waals surface area contributed by atoms with Crippen molar-refractivity contribution in [1.82, 2.24) is 9.97 Å². The van der Waals surface area contributed by atoms with Crippen molar-refractivity contribution in [1.29, 1.82) is 0 Å². The molecule has 1 rings (SSSR count). The molecular formula is C13H24N4. The first-order valence-electron chi connectivity index (χ1n) is 6.40. The summed E-state index contributed by atoms with van der Waals surface area (Å²) in [4.78, 5) is 11.3. The zero-order chi connectivity index (χ0) is 12.8. The largest absolute Gasteiger partial charge is 0.351 e. The Morgan fingerprint density at radius 1 is 1.29 bits per heavy atom. The molecule has 4 nitrogen and oxygen atoms in total. The molecule has 0 fully saturated rings. The molecule has 1 aromatic rings. The molecule has 1 aromatic heterocycles. The molecular weight excluding hydrogens is 212 g/mol. The smallest absolute Gasteiger partial charge is 0.150 e. The number of nitrogens with zero attached hydrogens (tertiary/aromatic N) is 3. The average molecular weight is 236 g/mol. The van der Waals surface area contributed by atoms with Crippen LogP contribution < -0.4 is 10.6 Å². The fourth-order valence-corrected chi connectivity index (χ4v) is 2.13. The van der Waals surface area contributed by atoms with Crippen LogP contribution in [-0.2, 0) is 0 Å². The Labute approximate surface area is 104 Å². The minimum absolute atomic E-state index is 0.494. The highest BCUT2D eigenvalue weighted by molar-refractivity contribution is 5.44. The Kier molecular flexibility index (Phi) is 5.35. The first-order chi connectivity index (χ1) is 8.13. The molecule has 0 bridgehead atoms. The molecule has 0 saturated heterocycles. The van der Waals surface area contributed by atoms with Gasteiger partial charge in [-0.3, -0.25) is 4.98 Å². The van der Waals surface area contributed by atoms with E-state index in [0.717, 1.165) is 36.6 Å². The number of nitrogens with two attached hydrogens (primary N) is 1. The summed E-state index contributed by atoms with van der Waals surface area (Å²) in [6.07, 6.45) is 4.02. The monoisotopic (exact) mass is 236 g/mol. The van der Waals surface area contributed by atoms with Crippen LogP contribution in [0.1, 0.15) is 38.1 Å². The predicted molar refractivity (Wildman–Crippen MR) is 72.3 cm³/mol. The minimum atomic E-state index is 0.494. The lowest BCUT2D eigenvalue weighted by Gasteiger charge is -2.32. The Morgan fingerprint density at radius 3 is 2.47 bits per heavy atom. The molecule has 0 saturated carbocycles. The Balaban J connectivity index is 3.07. The highest BCUT2D eigenvalue weighted by Gasteiger charge is 2.18. The summed E-state index contributed by atoms with van der Waals surface area (Å²) in [5, 5.41) is 0. The van der Waals surface area contributed by atoms with Gasteiger partial charge in [-0.05, 0) is 26.7 Å². The normalized spacial score (nSPS) is 10.9. The Morgan fingerprint density at radius 2 is 1.94 bits per heavy atom. The number of anilines is 1. The zero-order valence-corrected chi connectivity index (χ0v) is 11.4. The second-order valence-electron chi connectivity index (χ2n) is 4.37. The molecule has 1 heterocycles. The van der Waals surface area contributed by atoms with Crippen molar-refractivity contribution in [2.24, 2.45) is 5.73 Å². The van der Waals surface area contributed by atoms with E-state index in [0.29, 0.717) is 12.6 Å². The fourth-order valence-electron chi connectivity index (χ4n) is 2.13. The van der Waals surface area contributed by atoms with Gasteiger partial charge < -0.3 is 10.6 Å². The predicted octanol–water partition coefficient (Wildman–Crippen LogP) is 2.05. The topological polar surface area (TPSA) is 55.0 Å². The average Bonchev–Trinajstić information content (AvgIpc) is 2.33. The standard InChI is InChI=1S/C13H24N4/c1-5-12(6-2)17(8-7-14)13-11(4)15-9-10(3)16-13/h9,12H,5-8,14H2,1-4H3. The van der Waals surface area contributed by atoms with Crippen LogP contribution in [0, 0.1) is 13.8 Å². The highest BCUT2D eigenvalue weighted by Crippen LogP contribution is 2.20. The second kappa shape index (κ2) is 6.55. The zero-order valence-electron chi connectivity index (χ0n) is 11.4. The molecule has 0 amide bonds. The maximum atomic E-state index is 5.71. The van der Waals surface area contributed by atoms with Gasteiger partial charge in [0.15, 0.2) is 5.82 Å². The lowest BCUT2D eigenvalue weighted by Crippen LogP contribution is -2.39. The number of hydrogen-bond donors (Lipinski definition) is 1. The van der Waals surface area contributed by atoms with Crippen molar-refractivity contribution in [3.05, 3.63) is 17.6 Å². The molecule has 0 spiro atoms. The molecule has 2 N–H and O–H groups in total. The SMILES string of the molecule is CCC(CC)N(CCN)c1nc(C)cnc1C. The van der Waals surface area contributed by atoms with Crippen molar-refractivity contribution in [2.75, 3.05) is 18.0 Å². The summed E-state index contributed by atoms with van der Waals surface area (Å²) in [6, 6.07) is 0.494. The molecule has 0 aliphatic heterocycles. The quantitative estimate of drug-likeness (QED) is 0.821. The molecule has 0 atom stereocenters. The van der Waals surface area contributed by atoms with Crippen molar-refractivity contribution in [2.45, 2.75) is 46.6 Å². The molecule has 0 unspecified atom stereocenters. The third-order valence-electron chi connectivity index (χ3n) is 3.08. The van der Waals surface area contributed by atoms with Gasteiger partial charge in [-0.2, -0.15) is 0 Å². The van der Waals surface area contributed by atoms with Crippen LogP contribution in [0.5, 0.6) is 0 Å². The third-order valence-corrected chi connectivity index (χ3v) is 3.08. The molecule has 4 heteroatoms. The fraction of sp³-hybridized carbons (Fsp3) is 0.692. The van der Waals surface area contributed by atoms with Gasteiger partial charge in [-0.15, -0.1) is 0 Å². The summed E-state index contributed by atoms with van der Waals surface area (Å²) >= 11 is 0. The van der Waals surface area contributed by atoms with Crippen LogP contribution >= 0.6 is 0 Å². The van der Waals surface area contributed by atoms with Gasteiger partial charge in [0.05, 0.1) is 11.4 Å². The van der Waals surface area contributed by atoms with Crippen LogP contribution in [0.15, 0.2) is 6.20 Å². The Hall–Kier alpha value is -1.16. The maximum Gasteiger partial charge on any atom is 0.150 e. The van der Waals surface area contributed by atoms with E-state index in [1.54, 1.807) is 0 Å². The van der Waals surface area contributed by atoms with E-state index < -0.39 is 0 Å². The van der Waals surface area contributed by atoms with Gasteiger partial charge in [0.1, 0.15) is 0 Å². The minimum Gasteiger partial charge on any atom is -0.351 e. The second-order valence-corrected chi connectivity index (χ2v) is 4.37. The van der Waals surface area contributed by atoms with Crippen LogP contribution in [0.25, 0.3) is 0 Å². The van der Waals surface area contributed by atoms with E-state index in [2.05, 4.69) is 28.7 Å². The number of hydrogen-bond acceptors (Lipinski definition) is 4. The van der Waals surface area contributed by atoms with Gasteiger partial charge in [0, 0.05) is 25.3 Å². The first kappa shape index (κ1) is 13.9. The summed E-state index contributed by atoms with van der Waals surface area (Å²) in [5.74, 6) is 0.990. The van der Waals surface area contributed by atoms with E-state index in [-0.39, 0.29) is 0 Å². The van der Waals surface area contributed by atoms with Crippen LogP contribution in [0.3, 0.4) is 0 Å². The van der Waals surface area contributed by atoms with Gasteiger partial charge in [-0.25, -0.2) is 4.98 Å².